The summed E-state index contributed by atoms with van der Waals surface area (Å²) in [5.74, 6) is 0. The van der Waals surface area contributed by atoms with E-state index in [0.717, 1.165) is 0 Å². The van der Waals surface area contributed by atoms with Gasteiger partial charge in [-0.15, -0.1) is 12.6 Å². The molecule has 0 aliphatic carbocycles. The van der Waals surface area contributed by atoms with Crippen LogP contribution in [-0.4, -0.2) is 4.32 Å². The van der Waals surface area contributed by atoms with E-state index in [1.165, 1.54) is 77.0 Å². The zero-order valence-electron chi connectivity index (χ0n) is 16.2. The molecule has 1 rings (SSSR count). The number of thiocarbonyl (C=S) groups is 1. The van der Waals surface area contributed by atoms with Crippen LogP contribution in [0.25, 0.3) is 0 Å². The molecule has 0 saturated carbocycles. The second-order valence-corrected chi connectivity index (χ2v) is 12.3. The summed E-state index contributed by atoms with van der Waals surface area (Å²) in [4.78, 5) is 0. The molecule has 25 heavy (non-hydrogen) atoms. The summed E-state index contributed by atoms with van der Waals surface area (Å²) in [6.07, 6.45) is 17.6. The summed E-state index contributed by atoms with van der Waals surface area (Å²) < 4.78 is 1.88. The summed E-state index contributed by atoms with van der Waals surface area (Å²) in [7, 11) is 0. The van der Waals surface area contributed by atoms with Gasteiger partial charge in [0.05, 0.1) is 0 Å². The maximum Gasteiger partial charge on any atom is 0.128 e. The van der Waals surface area contributed by atoms with E-state index in [1.807, 2.05) is 0 Å². The molecule has 4 heteroatoms. The Morgan fingerprint density at radius 3 is 1.68 bits per heavy atom. The molecule has 0 atom stereocenters. The number of hydrogen-bond donors (Lipinski definition) is 2. The van der Waals surface area contributed by atoms with Gasteiger partial charge < -0.3 is 5.73 Å². The summed E-state index contributed by atoms with van der Waals surface area (Å²) in [5, 5.41) is 1.55. The minimum Gasteiger partial charge on any atom is -0.385 e. The fourth-order valence-electron chi connectivity index (χ4n) is 2.99. The fraction of sp³-hybridized carbons (Fsp3) is 0.667. The Morgan fingerprint density at radius 2 is 1.24 bits per heavy atom. The van der Waals surface area contributed by atoms with Crippen molar-refractivity contribution in [1.29, 1.82) is 0 Å². The average Bonchev–Trinajstić information content (AvgIpc) is 2.59. The predicted octanol–water partition coefficient (Wildman–Crippen LogP) is 6.67. The van der Waals surface area contributed by atoms with Gasteiger partial charge in [-0.1, -0.05) is 25.6 Å². The van der Waals surface area contributed by atoms with Crippen LogP contribution in [0.3, 0.4) is 0 Å². The zero-order chi connectivity index (χ0) is 18.6. The van der Waals surface area contributed by atoms with Crippen LogP contribution in [0.5, 0.6) is 0 Å². The monoisotopic (exact) mass is 431 g/mol. The van der Waals surface area contributed by atoms with E-state index in [2.05, 4.69) is 62.1 Å². The Hall–Kier alpha value is 0.0834. The van der Waals surface area contributed by atoms with Crippen LogP contribution in [0.1, 0.15) is 84.0 Å². The van der Waals surface area contributed by atoms with Crippen molar-refractivity contribution >= 4 is 33.3 Å². The van der Waals surface area contributed by atoms with Crippen molar-refractivity contribution in [3.8, 4) is 0 Å². The molecule has 1 aromatic carbocycles. The Morgan fingerprint density at radius 1 is 0.840 bits per heavy atom. The van der Waals surface area contributed by atoms with Crippen LogP contribution in [0.15, 0.2) is 30.3 Å². The molecule has 0 aliphatic rings. The minimum atomic E-state index is -0.401. The maximum absolute atomic E-state index is 4.71. The molecule has 140 valence electrons. The van der Waals surface area contributed by atoms with E-state index >= 15 is 0 Å². The van der Waals surface area contributed by atoms with Crippen LogP contribution in [0.2, 0.25) is 5.02 Å². The normalized spacial score (nSPS) is 9.84. The first-order valence-corrected chi connectivity index (χ1v) is 14.6. The van der Waals surface area contributed by atoms with Gasteiger partial charge in [-0.25, -0.2) is 0 Å². The molecule has 0 amide bonds. The van der Waals surface area contributed by atoms with Gasteiger partial charge in [-0.2, -0.15) is 0 Å². The van der Waals surface area contributed by atoms with Crippen LogP contribution >= 0.6 is 24.8 Å². The van der Waals surface area contributed by atoms with Gasteiger partial charge in [0.15, 0.2) is 0 Å². The maximum atomic E-state index is 4.71. The third-order valence-corrected chi connectivity index (χ3v) is 8.40. The standard InChI is InChI=1S/C14H29.C6H5.CH3NS2.Zn/c1-3-5-7-9-11-13-14-12-10-8-6-4-2;1-2-4-6-5-3-1;2-1(3)4;/h1,3-14H2,2H3;1-5H;(H3,2,3,4);. The molecule has 0 aromatic heterocycles. The van der Waals surface area contributed by atoms with Gasteiger partial charge in [0.1, 0.15) is 4.32 Å². The van der Waals surface area contributed by atoms with Crippen molar-refractivity contribution in [2.45, 2.75) is 89.0 Å². The SMILES string of the molecule is CCCCCCCCCCCCC[CH2][Zn][c]1ccccc1.NC(=S)S. The van der Waals surface area contributed by atoms with E-state index in [4.69, 9.17) is 5.73 Å². The molecule has 0 bridgehead atoms. The summed E-state index contributed by atoms with van der Waals surface area (Å²) in [6, 6.07) is 11.2. The number of unbranched alkanes of at least 4 members (excludes halogenated alkanes) is 11. The van der Waals surface area contributed by atoms with Crippen molar-refractivity contribution in [2.24, 2.45) is 5.73 Å². The first kappa shape index (κ1) is 25.1. The van der Waals surface area contributed by atoms with Crippen molar-refractivity contribution in [2.75, 3.05) is 0 Å². The first-order chi connectivity index (χ1) is 12.2. The van der Waals surface area contributed by atoms with E-state index < -0.39 is 17.1 Å². The Labute approximate surface area is 174 Å². The number of benzene rings is 1. The molecule has 0 spiro atoms. The average molecular weight is 433 g/mol. The topological polar surface area (TPSA) is 26.0 Å². The number of thiol groups is 1. The van der Waals surface area contributed by atoms with Gasteiger partial charge in [-0.05, 0) is 0 Å². The van der Waals surface area contributed by atoms with Gasteiger partial charge in [0, 0.05) is 0 Å². The summed E-state index contributed by atoms with van der Waals surface area (Å²) >= 11 is 7.25. The first-order valence-electron chi connectivity index (χ1n) is 10.2. The second-order valence-electron chi connectivity index (χ2n) is 6.82. The molecule has 0 aliphatic heterocycles. The molecule has 1 aromatic rings. The van der Waals surface area contributed by atoms with Crippen molar-refractivity contribution in [3.63, 3.8) is 0 Å². The van der Waals surface area contributed by atoms with E-state index in [1.54, 1.807) is 9.17 Å². The largest absolute Gasteiger partial charge is 0.385 e. The van der Waals surface area contributed by atoms with Crippen LogP contribution in [0, 0.1) is 0 Å². The smallest absolute Gasteiger partial charge is 0.128 e. The Bertz CT molecular complexity index is 394. The van der Waals surface area contributed by atoms with Gasteiger partial charge >= 0.3 is 127 Å². The predicted molar refractivity (Wildman–Crippen MR) is 118 cm³/mol. The van der Waals surface area contributed by atoms with Crippen LogP contribution in [0.4, 0.5) is 0 Å². The van der Waals surface area contributed by atoms with Crippen molar-refractivity contribution in [1.82, 2.24) is 0 Å². The Balaban J connectivity index is 0.00000129. The molecular weight excluding hydrogens is 396 g/mol. The molecule has 2 N–H and O–H groups in total. The van der Waals surface area contributed by atoms with Crippen LogP contribution < -0.4 is 9.89 Å². The quantitative estimate of drug-likeness (QED) is 0.148. The third kappa shape index (κ3) is 22.0. The van der Waals surface area contributed by atoms with Gasteiger partial charge in [0.2, 0.25) is 0 Å². The molecule has 0 fully saturated rings. The molecule has 0 unspecified atom stereocenters. The van der Waals surface area contributed by atoms with E-state index in [-0.39, 0.29) is 4.32 Å². The fourth-order valence-corrected chi connectivity index (χ4v) is 6.38. The van der Waals surface area contributed by atoms with E-state index in [0.29, 0.717) is 0 Å². The zero-order valence-corrected chi connectivity index (χ0v) is 20.9. The molecule has 0 saturated heterocycles. The van der Waals surface area contributed by atoms with Crippen LogP contribution in [-0.2, 0) is 17.1 Å². The molecule has 1 nitrogen and oxygen atoms in total. The molecule has 0 heterocycles. The Kier molecular flexibility index (Phi) is 20.5. The summed E-state index contributed by atoms with van der Waals surface area (Å²) in [6.45, 7) is 2.29. The second kappa shape index (κ2) is 20.4. The van der Waals surface area contributed by atoms with Gasteiger partial charge in [-0.3, -0.25) is 0 Å². The third-order valence-electron chi connectivity index (χ3n) is 4.41. The number of rotatable bonds is 14. The van der Waals surface area contributed by atoms with Gasteiger partial charge in [0.25, 0.3) is 0 Å². The summed E-state index contributed by atoms with van der Waals surface area (Å²) in [5.41, 5.74) is 4.71. The number of nitrogens with two attached hydrogens (primary N) is 1. The number of hydrogen-bond acceptors (Lipinski definition) is 1. The van der Waals surface area contributed by atoms with Crippen molar-refractivity contribution < 1.29 is 17.1 Å². The molecule has 0 radical (unpaired) electrons. The minimum absolute atomic E-state index is 0.194. The van der Waals surface area contributed by atoms with E-state index in [9.17, 15) is 0 Å². The molecular formula is C21H37NS2Zn. The van der Waals surface area contributed by atoms with Crippen molar-refractivity contribution in [3.05, 3.63) is 30.3 Å².